The van der Waals surface area contributed by atoms with Crippen LogP contribution in [0.3, 0.4) is 0 Å². The third-order valence-electron chi connectivity index (χ3n) is 2.17. The minimum absolute atomic E-state index is 0.533. The van der Waals surface area contributed by atoms with Gasteiger partial charge in [0.1, 0.15) is 0 Å². The standard InChI is InChI=1S/C13H28S/c1-12(2)11-14-10-8-6-7-9-13(3,4)5/h12H,6-11H2,1-5H3. The van der Waals surface area contributed by atoms with Crippen LogP contribution in [0.2, 0.25) is 0 Å². The summed E-state index contributed by atoms with van der Waals surface area (Å²) >= 11 is 2.12. The molecule has 86 valence electrons. The van der Waals surface area contributed by atoms with Crippen LogP contribution in [-0.2, 0) is 0 Å². The van der Waals surface area contributed by atoms with Crippen LogP contribution in [-0.4, -0.2) is 11.5 Å². The molecule has 0 fully saturated rings. The highest BCUT2D eigenvalue weighted by molar-refractivity contribution is 7.99. The molecule has 0 radical (unpaired) electrons. The van der Waals surface area contributed by atoms with Gasteiger partial charge in [-0.1, -0.05) is 47.5 Å². The maximum Gasteiger partial charge on any atom is -0.00444 e. The minimum Gasteiger partial charge on any atom is -0.162 e. The molecule has 0 N–H and O–H groups in total. The molecular weight excluding hydrogens is 188 g/mol. The van der Waals surface area contributed by atoms with E-state index in [9.17, 15) is 0 Å². The molecule has 0 saturated heterocycles. The van der Waals surface area contributed by atoms with Crippen molar-refractivity contribution in [1.29, 1.82) is 0 Å². The van der Waals surface area contributed by atoms with Gasteiger partial charge in [0, 0.05) is 0 Å². The van der Waals surface area contributed by atoms with Crippen LogP contribution in [0.15, 0.2) is 0 Å². The summed E-state index contributed by atoms with van der Waals surface area (Å²) in [5, 5.41) is 0. The Labute approximate surface area is 95.2 Å². The molecule has 0 aliphatic carbocycles. The molecule has 1 heteroatoms. The third kappa shape index (κ3) is 12.3. The highest BCUT2D eigenvalue weighted by Crippen LogP contribution is 2.22. The zero-order valence-electron chi connectivity index (χ0n) is 10.7. The molecule has 0 aliphatic rings. The van der Waals surface area contributed by atoms with Gasteiger partial charge >= 0.3 is 0 Å². The average molecular weight is 216 g/mol. The Morgan fingerprint density at radius 3 is 2.14 bits per heavy atom. The van der Waals surface area contributed by atoms with E-state index in [0.29, 0.717) is 5.41 Å². The first-order valence-electron chi connectivity index (χ1n) is 5.99. The van der Waals surface area contributed by atoms with Crippen molar-refractivity contribution < 1.29 is 0 Å². The van der Waals surface area contributed by atoms with E-state index in [2.05, 4.69) is 46.4 Å². The molecule has 0 amide bonds. The second-order valence-corrected chi connectivity index (χ2v) is 6.99. The van der Waals surface area contributed by atoms with E-state index >= 15 is 0 Å². The van der Waals surface area contributed by atoms with Gasteiger partial charge in [0.25, 0.3) is 0 Å². The van der Waals surface area contributed by atoms with E-state index < -0.39 is 0 Å². The highest BCUT2D eigenvalue weighted by Gasteiger charge is 2.08. The summed E-state index contributed by atoms with van der Waals surface area (Å²) in [6, 6.07) is 0. The van der Waals surface area contributed by atoms with Crippen LogP contribution in [0.4, 0.5) is 0 Å². The zero-order chi connectivity index (χ0) is 11.0. The van der Waals surface area contributed by atoms with Crippen LogP contribution in [0.25, 0.3) is 0 Å². The molecule has 0 saturated carbocycles. The van der Waals surface area contributed by atoms with Crippen LogP contribution >= 0.6 is 11.8 Å². The molecule has 0 rings (SSSR count). The molecule has 0 bridgehead atoms. The molecule has 0 aromatic rings. The molecule has 0 aromatic heterocycles. The average Bonchev–Trinajstić information content (AvgIpc) is 2.00. The van der Waals surface area contributed by atoms with Crippen molar-refractivity contribution in [1.82, 2.24) is 0 Å². The van der Waals surface area contributed by atoms with Crippen LogP contribution in [0.5, 0.6) is 0 Å². The Hall–Kier alpha value is 0.350. The normalized spacial score (nSPS) is 12.4. The van der Waals surface area contributed by atoms with Gasteiger partial charge in [0.15, 0.2) is 0 Å². The Morgan fingerprint density at radius 2 is 1.64 bits per heavy atom. The fourth-order valence-corrected chi connectivity index (χ4v) is 2.40. The molecule has 0 unspecified atom stereocenters. The summed E-state index contributed by atoms with van der Waals surface area (Å²) < 4.78 is 0. The Kier molecular flexibility index (Phi) is 7.81. The van der Waals surface area contributed by atoms with Crippen molar-refractivity contribution in [2.45, 2.75) is 60.3 Å². The minimum atomic E-state index is 0.533. The van der Waals surface area contributed by atoms with Gasteiger partial charge < -0.3 is 0 Å². The van der Waals surface area contributed by atoms with E-state index in [-0.39, 0.29) is 0 Å². The van der Waals surface area contributed by atoms with Gasteiger partial charge in [0.2, 0.25) is 0 Å². The molecule has 14 heavy (non-hydrogen) atoms. The molecular formula is C13H28S. The lowest BCUT2D eigenvalue weighted by Gasteiger charge is -2.17. The lowest BCUT2D eigenvalue weighted by atomic mass is 9.90. The lowest BCUT2D eigenvalue weighted by Crippen LogP contribution is -2.04. The number of hydrogen-bond donors (Lipinski definition) is 0. The van der Waals surface area contributed by atoms with Gasteiger partial charge in [-0.25, -0.2) is 0 Å². The van der Waals surface area contributed by atoms with Crippen molar-refractivity contribution in [3.63, 3.8) is 0 Å². The maximum absolute atomic E-state index is 2.33. The first kappa shape index (κ1) is 14.3. The summed E-state index contributed by atoms with van der Waals surface area (Å²) in [7, 11) is 0. The first-order chi connectivity index (χ1) is 6.42. The fourth-order valence-electron chi connectivity index (χ4n) is 1.36. The van der Waals surface area contributed by atoms with Crippen molar-refractivity contribution >= 4 is 11.8 Å². The molecule has 0 spiro atoms. The lowest BCUT2D eigenvalue weighted by molar-refractivity contribution is 0.360. The summed E-state index contributed by atoms with van der Waals surface area (Å²) in [6.45, 7) is 11.6. The molecule has 0 atom stereocenters. The van der Waals surface area contributed by atoms with E-state index in [4.69, 9.17) is 0 Å². The Morgan fingerprint density at radius 1 is 1.00 bits per heavy atom. The summed E-state index contributed by atoms with van der Waals surface area (Å²) in [4.78, 5) is 0. The second kappa shape index (κ2) is 7.62. The molecule has 0 heterocycles. The predicted octanol–water partition coefficient (Wildman–Crippen LogP) is 4.98. The van der Waals surface area contributed by atoms with Crippen LogP contribution in [0.1, 0.15) is 60.3 Å². The smallest absolute Gasteiger partial charge is 0.00444 e. The number of unbranched alkanes of at least 4 members (excludes halogenated alkanes) is 2. The summed E-state index contributed by atoms with van der Waals surface area (Å²) in [5.74, 6) is 3.55. The maximum atomic E-state index is 2.33. The van der Waals surface area contributed by atoms with Crippen molar-refractivity contribution in [2.75, 3.05) is 11.5 Å². The topological polar surface area (TPSA) is 0 Å². The molecule has 0 aromatic carbocycles. The van der Waals surface area contributed by atoms with Gasteiger partial charge in [-0.05, 0) is 35.7 Å². The van der Waals surface area contributed by atoms with Crippen molar-refractivity contribution in [3.8, 4) is 0 Å². The Bertz CT molecular complexity index is 122. The van der Waals surface area contributed by atoms with Crippen LogP contribution < -0.4 is 0 Å². The third-order valence-corrected chi connectivity index (χ3v) is 3.65. The zero-order valence-corrected chi connectivity index (χ0v) is 11.5. The van der Waals surface area contributed by atoms with E-state index in [1.54, 1.807) is 0 Å². The van der Waals surface area contributed by atoms with Crippen LogP contribution in [0, 0.1) is 11.3 Å². The molecule has 0 aliphatic heterocycles. The quantitative estimate of drug-likeness (QED) is 0.541. The SMILES string of the molecule is CC(C)CSCCCCCC(C)(C)C. The molecule has 0 nitrogen and oxygen atoms in total. The number of hydrogen-bond acceptors (Lipinski definition) is 1. The number of rotatable bonds is 7. The largest absolute Gasteiger partial charge is 0.162 e. The van der Waals surface area contributed by atoms with Gasteiger partial charge in [-0.2, -0.15) is 11.8 Å². The van der Waals surface area contributed by atoms with E-state index in [0.717, 1.165) is 5.92 Å². The van der Waals surface area contributed by atoms with Gasteiger partial charge in [-0.3, -0.25) is 0 Å². The Balaban J connectivity index is 3.07. The predicted molar refractivity (Wildman–Crippen MR) is 70.1 cm³/mol. The highest BCUT2D eigenvalue weighted by atomic mass is 32.2. The second-order valence-electron chi connectivity index (χ2n) is 5.84. The summed E-state index contributed by atoms with van der Waals surface area (Å²) in [5.41, 5.74) is 0.533. The van der Waals surface area contributed by atoms with Crippen molar-refractivity contribution in [3.05, 3.63) is 0 Å². The first-order valence-corrected chi connectivity index (χ1v) is 7.15. The summed E-state index contributed by atoms with van der Waals surface area (Å²) in [6.07, 6.45) is 5.61. The number of thioether (sulfide) groups is 1. The van der Waals surface area contributed by atoms with E-state index in [1.165, 1.54) is 37.2 Å². The van der Waals surface area contributed by atoms with Gasteiger partial charge in [-0.15, -0.1) is 0 Å². The van der Waals surface area contributed by atoms with Gasteiger partial charge in [0.05, 0.1) is 0 Å². The van der Waals surface area contributed by atoms with E-state index in [1.807, 2.05) is 0 Å². The fraction of sp³-hybridized carbons (Fsp3) is 1.00. The monoisotopic (exact) mass is 216 g/mol. The van der Waals surface area contributed by atoms with Crippen molar-refractivity contribution in [2.24, 2.45) is 11.3 Å².